The summed E-state index contributed by atoms with van der Waals surface area (Å²) in [5.74, 6) is 0.964. The van der Waals surface area contributed by atoms with Gasteiger partial charge in [0, 0.05) is 24.5 Å². The van der Waals surface area contributed by atoms with Crippen molar-refractivity contribution in [2.24, 2.45) is 11.8 Å². The maximum Gasteiger partial charge on any atom is 0.345 e. The molecule has 104 valence electrons. The summed E-state index contributed by atoms with van der Waals surface area (Å²) < 4.78 is 0. The fraction of sp³-hybridized carbons (Fsp3) is 0.667. The van der Waals surface area contributed by atoms with Gasteiger partial charge in [0.25, 0.3) is 0 Å². The van der Waals surface area contributed by atoms with Crippen LogP contribution in [0.5, 0.6) is 0 Å². The number of likely N-dealkylation sites (tertiary alicyclic amines) is 1. The Hall–Kier alpha value is -0.870. The number of piperidine rings is 1. The van der Waals surface area contributed by atoms with Gasteiger partial charge in [-0.1, -0.05) is 6.42 Å². The summed E-state index contributed by atoms with van der Waals surface area (Å²) in [6, 6.07) is 1.87. The van der Waals surface area contributed by atoms with E-state index in [1.165, 1.54) is 55.7 Å². The molecule has 2 unspecified atom stereocenters. The molecule has 0 spiro atoms. The lowest BCUT2D eigenvalue weighted by atomic mass is 9.78. The number of fused-ring (bicyclic) bond motifs is 2. The topological polar surface area (TPSA) is 40.5 Å². The van der Waals surface area contributed by atoms with Gasteiger partial charge in [-0.25, -0.2) is 4.79 Å². The molecule has 1 aromatic heterocycles. The van der Waals surface area contributed by atoms with Crippen molar-refractivity contribution in [3.05, 3.63) is 21.4 Å². The van der Waals surface area contributed by atoms with Gasteiger partial charge in [-0.15, -0.1) is 11.3 Å². The average molecular weight is 279 g/mol. The number of carbonyl (C=O) groups is 1. The van der Waals surface area contributed by atoms with E-state index in [2.05, 4.69) is 4.90 Å². The number of aromatic carboxylic acids is 1. The van der Waals surface area contributed by atoms with Crippen molar-refractivity contribution in [2.45, 2.75) is 39.2 Å². The zero-order valence-electron chi connectivity index (χ0n) is 11.4. The van der Waals surface area contributed by atoms with Gasteiger partial charge in [-0.05, 0) is 49.7 Å². The highest BCUT2D eigenvalue weighted by molar-refractivity contribution is 7.14. The summed E-state index contributed by atoms with van der Waals surface area (Å²) >= 11 is 1.41. The number of aryl methyl sites for hydroxylation is 1. The SMILES string of the molecule is Cc1sc(C(=O)O)cc1CN1CC2CCCC(C2)C1. The van der Waals surface area contributed by atoms with Crippen LogP contribution < -0.4 is 0 Å². The van der Waals surface area contributed by atoms with Crippen molar-refractivity contribution in [1.82, 2.24) is 4.90 Å². The van der Waals surface area contributed by atoms with Crippen molar-refractivity contribution in [1.29, 1.82) is 0 Å². The van der Waals surface area contributed by atoms with Crippen molar-refractivity contribution in [3.63, 3.8) is 0 Å². The zero-order chi connectivity index (χ0) is 13.4. The molecular formula is C15H21NO2S. The van der Waals surface area contributed by atoms with Gasteiger partial charge in [-0.3, -0.25) is 4.90 Å². The van der Waals surface area contributed by atoms with Gasteiger partial charge in [0.1, 0.15) is 4.88 Å². The van der Waals surface area contributed by atoms with Gasteiger partial charge < -0.3 is 5.11 Å². The van der Waals surface area contributed by atoms with E-state index < -0.39 is 5.97 Å². The third-order valence-corrected chi connectivity index (χ3v) is 5.63. The second-order valence-corrected chi connectivity index (χ2v) is 7.35. The van der Waals surface area contributed by atoms with Crippen molar-refractivity contribution in [2.75, 3.05) is 13.1 Å². The standard InChI is InChI=1S/C15H21NO2S/c1-10-13(6-14(19-10)15(17)18)9-16-7-11-3-2-4-12(5-11)8-16/h6,11-12H,2-5,7-9H2,1H3,(H,17,18). The first-order valence-electron chi connectivity index (χ1n) is 7.17. The Morgan fingerprint density at radius 2 is 2.11 bits per heavy atom. The Bertz CT molecular complexity index is 470. The third-order valence-electron chi connectivity index (χ3n) is 4.55. The molecule has 3 rings (SSSR count). The second kappa shape index (κ2) is 5.25. The van der Waals surface area contributed by atoms with Gasteiger partial charge in [0.15, 0.2) is 0 Å². The minimum Gasteiger partial charge on any atom is -0.477 e. The molecule has 1 N–H and O–H groups in total. The minimum absolute atomic E-state index is 0.477. The minimum atomic E-state index is -0.796. The summed E-state index contributed by atoms with van der Waals surface area (Å²) in [5.41, 5.74) is 1.21. The summed E-state index contributed by atoms with van der Waals surface area (Å²) in [7, 11) is 0. The zero-order valence-corrected chi connectivity index (χ0v) is 12.2. The number of hydrogen-bond acceptors (Lipinski definition) is 3. The summed E-state index contributed by atoms with van der Waals surface area (Å²) in [6.07, 6.45) is 5.59. The summed E-state index contributed by atoms with van der Waals surface area (Å²) in [5, 5.41) is 9.06. The van der Waals surface area contributed by atoms with Crippen molar-refractivity contribution in [3.8, 4) is 0 Å². The van der Waals surface area contributed by atoms with Crippen LogP contribution >= 0.6 is 11.3 Å². The van der Waals surface area contributed by atoms with Crippen LogP contribution in [0.1, 0.15) is 45.8 Å². The molecule has 2 heterocycles. The molecule has 2 atom stereocenters. The smallest absolute Gasteiger partial charge is 0.345 e. The first-order valence-corrected chi connectivity index (χ1v) is 7.98. The largest absolute Gasteiger partial charge is 0.477 e. The van der Waals surface area contributed by atoms with E-state index in [4.69, 9.17) is 5.11 Å². The molecule has 2 fully saturated rings. The molecule has 0 amide bonds. The Labute approximate surface area is 118 Å². The number of hydrogen-bond donors (Lipinski definition) is 1. The molecule has 3 nitrogen and oxygen atoms in total. The first kappa shape index (κ1) is 13.1. The highest BCUT2D eigenvalue weighted by atomic mass is 32.1. The molecule has 2 bridgehead atoms. The number of thiophene rings is 1. The molecule has 1 aliphatic heterocycles. The number of carboxylic acids is 1. The molecule has 1 aliphatic carbocycles. The first-order chi connectivity index (χ1) is 9.11. The van der Waals surface area contributed by atoms with Crippen LogP contribution in [0.15, 0.2) is 6.07 Å². The maximum atomic E-state index is 11.0. The molecular weight excluding hydrogens is 258 g/mol. The highest BCUT2D eigenvalue weighted by Gasteiger charge is 2.30. The molecule has 2 aliphatic rings. The molecule has 1 aromatic rings. The van der Waals surface area contributed by atoms with Crippen LogP contribution in [0.2, 0.25) is 0 Å². The maximum absolute atomic E-state index is 11.0. The van der Waals surface area contributed by atoms with Crippen LogP contribution in [0, 0.1) is 18.8 Å². The quantitative estimate of drug-likeness (QED) is 0.922. The third kappa shape index (κ3) is 2.84. The number of rotatable bonds is 3. The van der Waals surface area contributed by atoms with Crippen molar-refractivity contribution < 1.29 is 9.90 Å². The van der Waals surface area contributed by atoms with Gasteiger partial charge in [0.2, 0.25) is 0 Å². The Morgan fingerprint density at radius 1 is 1.42 bits per heavy atom. The summed E-state index contributed by atoms with van der Waals surface area (Å²) in [4.78, 5) is 15.2. The van der Waals surface area contributed by atoms with E-state index in [9.17, 15) is 4.79 Å². The van der Waals surface area contributed by atoms with E-state index in [1.54, 1.807) is 0 Å². The highest BCUT2D eigenvalue weighted by Crippen LogP contribution is 2.35. The van der Waals surface area contributed by atoms with Crippen molar-refractivity contribution >= 4 is 17.3 Å². The Kier molecular flexibility index (Phi) is 3.63. The number of carboxylic acid groups (broad SMARTS) is 1. The molecule has 0 aromatic carbocycles. The van der Waals surface area contributed by atoms with Crippen LogP contribution in [0.4, 0.5) is 0 Å². The fourth-order valence-corrected chi connectivity index (χ4v) is 4.56. The molecule has 0 radical (unpaired) electrons. The summed E-state index contributed by atoms with van der Waals surface area (Å²) in [6.45, 7) is 5.38. The van der Waals surface area contributed by atoms with E-state index in [-0.39, 0.29) is 0 Å². The molecule has 4 heteroatoms. The van der Waals surface area contributed by atoms with E-state index in [0.717, 1.165) is 23.3 Å². The van der Waals surface area contributed by atoms with Crippen LogP contribution in [-0.4, -0.2) is 29.1 Å². The lowest BCUT2D eigenvalue weighted by molar-refractivity contribution is 0.0701. The van der Waals surface area contributed by atoms with Gasteiger partial charge in [-0.2, -0.15) is 0 Å². The second-order valence-electron chi connectivity index (χ2n) is 6.09. The van der Waals surface area contributed by atoms with E-state index >= 15 is 0 Å². The van der Waals surface area contributed by atoms with E-state index in [0.29, 0.717) is 4.88 Å². The lowest BCUT2D eigenvalue weighted by Gasteiger charge is -2.41. The fourth-order valence-electron chi connectivity index (χ4n) is 3.69. The van der Waals surface area contributed by atoms with E-state index in [1.807, 2.05) is 13.0 Å². The normalized spacial score (nSPS) is 27.4. The van der Waals surface area contributed by atoms with Crippen LogP contribution in [0.3, 0.4) is 0 Å². The molecule has 19 heavy (non-hydrogen) atoms. The van der Waals surface area contributed by atoms with Gasteiger partial charge in [0.05, 0.1) is 0 Å². The lowest BCUT2D eigenvalue weighted by Crippen LogP contribution is -2.42. The average Bonchev–Trinajstić information content (AvgIpc) is 2.71. The Balaban J connectivity index is 1.69. The predicted molar refractivity (Wildman–Crippen MR) is 76.7 cm³/mol. The van der Waals surface area contributed by atoms with Gasteiger partial charge >= 0.3 is 5.97 Å². The van der Waals surface area contributed by atoms with Crippen LogP contribution in [-0.2, 0) is 6.54 Å². The molecule has 1 saturated carbocycles. The predicted octanol–water partition coefficient (Wildman–Crippen LogP) is 3.38. The monoisotopic (exact) mass is 279 g/mol. The Morgan fingerprint density at radius 3 is 2.68 bits per heavy atom. The van der Waals surface area contributed by atoms with Crippen LogP contribution in [0.25, 0.3) is 0 Å². The number of nitrogens with zero attached hydrogens (tertiary/aromatic N) is 1. The molecule has 1 saturated heterocycles.